The van der Waals surface area contributed by atoms with Gasteiger partial charge in [-0.05, 0) is 67.2 Å². The lowest BCUT2D eigenvalue weighted by atomic mass is 9.92. The van der Waals surface area contributed by atoms with Crippen molar-refractivity contribution in [2.24, 2.45) is 10.2 Å². The van der Waals surface area contributed by atoms with Gasteiger partial charge in [0.05, 0.1) is 0 Å². The number of nitrogens with zero attached hydrogens (tertiary/aromatic N) is 2. The van der Waals surface area contributed by atoms with Gasteiger partial charge in [-0.1, -0.05) is 0 Å². The number of aliphatic hydroxyl groups is 4. The Morgan fingerprint density at radius 2 is 0.833 bits per heavy atom. The third-order valence-corrected chi connectivity index (χ3v) is 5.15. The predicted octanol–water partition coefficient (Wildman–Crippen LogP) is 0.275. The minimum Gasteiger partial charge on any atom is -0.396 e. The van der Waals surface area contributed by atoms with Crippen LogP contribution in [-0.2, 0) is 9.59 Å². The zero-order valence-corrected chi connectivity index (χ0v) is 19.2. The first-order valence-corrected chi connectivity index (χ1v) is 10.2. The average Bonchev–Trinajstić information content (AvgIpc) is 2.60. The highest BCUT2D eigenvalue weighted by atomic mass is 16.3. The Morgan fingerprint density at radius 1 is 0.600 bits per heavy atom. The second-order valence-electron chi connectivity index (χ2n) is 9.24. The molecule has 0 saturated carbocycles. The van der Waals surface area contributed by atoms with Gasteiger partial charge in [0, 0.05) is 37.5 Å². The van der Waals surface area contributed by atoms with Gasteiger partial charge in [0.25, 0.3) is 0 Å². The molecule has 2 amide bonds. The van der Waals surface area contributed by atoms with Crippen LogP contribution in [0.2, 0.25) is 0 Å². The molecule has 0 aromatic rings. The van der Waals surface area contributed by atoms with Crippen LogP contribution in [0, 0.1) is 0 Å². The minimum absolute atomic E-state index is 0.146. The average molecular weight is 433 g/mol. The normalized spacial score (nSPS) is 13.5. The highest BCUT2D eigenvalue weighted by Crippen LogP contribution is 2.22. The van der Waals surface area contributed by atoms with E-state index in [0.717, 1.165) is 0 Å². The number of azo groups is 1. The SMILES string of the molecule is CC(CCO)(CCO)NC(=O)C(C)(C)N=NC(C)(C)C(=O)NC(C)(CCO)CCO. The molecule has 6 N–H and O–H groups in total. The van der Waals surface area contributed by atoms with Crippen LogP contribution >= 0.6 is 0 Å². The fourth-order valence-electron chi connectivity index (χ4n) is 2.68. The summed E-state index contributed by atoms with van der Waals surface area (Å²) in [6, 6.07) is 0. The summed E-state index contributed by atoms with van der Waals surface area (Å²) in [6.45, 7) is 9.09. The van der Waals surface area contributed by atoms with E-state index in [1.807, 2.05) is 0 Å². The lowest BCUT2D eigenvalue weighted by molar-refractivity contribution is -0.129. The van der Waals surface area contributed by atoms with Crippen molar-refractivity contribution in [2.75, 3.05) is 26.4 Å². The molecule has 30 heavy (non-hydrogen) atoms. The fourth-order valence-corrected chi connectivity index (χ4v) is 2.68. The summed E-state index contributed by atoms with van der Waals surface area (Å²) < 4.78 is 0. The molecule has 0 radical (unpaired) electrons. The van der Waals surface area contributed by atoms with E-state index in [4.69, 9.17) is 0 Å². The van der Waals surface area contributed by atoms with E-state index in [-0.39, 0.29) is 52.1 Å². The highest BCUT2D eigenvalue weighted by Gasteiger charge is 2.37. The summed E-state index contributed by atoms with van der Waals surface area (Å²) in [4.78, 5) is 25.5. The van der Waals surface area contributed by atoms with E-state index in [1.54, 1.807) is 41.5 Å². The predicted molar refractivity (Wildman–Crippen MR) is 113 cm³/mol. The van der Waals surface area contributed by atoms with Crippen LogP contribution in [0.5, 0.6) is 0 Å². The Kier molecular flexibility index (Phi) is 11.1. The standard InChI is InChI=1S/C20H40N4O6/c1-17(2,15(29)21-19(5,7-11-25)8-12-26)23-24-18(3,4)16(30)22-20(6,9-13-27)10-14-28/h25-28H,7-14H2,1-6H3,(H,21,29)(H,22,30). The van der Waals surface area contributed by atoms with Gasteiger partial charge in [0.2, 0.25) is 11.8 Å². The number of rotatable bonds is 14. The number of aliphatic hydroxyl groups excluding tert-OH is 4. The van der Waals surface area contributed by atoms with Gasteiger partial charge in [-0.3, -0.25) is 9.59 Å². The summed E-state index contributed by atoms with van der Waals surface area (Å²) in [5, 5.41) is 50.8. The van der Waals surface area contributed by atoms with Gasteiger partial charge < -0.3 is 31.1 Å². The van der Waals surface area contributed by atoms with Crippen LogP contribution in [0.1, 0.15) is 67.2 Å². The number of amides is 2. The van der Waals surface area contributed by atoms with Crippen molar-refractivity contribution in [3.63, 3.8) is 0 Å². The maximum atomic E-state index is 12.7. The minimum atomic E-state index is -1.29. The summed E-state index contributed by atoms with van der Waals surface area (Å²) in [5.74, 6) is -0.894. The Morgan fingerprint density at radius 3 is 1.03 bits per heavy atom. The van der Waals surface area contributed by atoms with Crippen LogP contribution in [0.15, 0.2) is 10.2 Å². The van der Waals surface area contributed by atoms with Gasteiger partial charge >= 0.3 is 0 Å². The molecule has 0 saturated heterocycles. The van der Waals surface area contributed by atoms with Crippen molar-refractivity contribution in [1.82, 2.24) is 10.6 Å². The van der Waals surface area contributed by atoms with E-state index in [1.165, 1.54) is 0 Å². The second-order valence-corrected chi connectivity index (χ2v) is 9.24. The molecule has 0 aliphatic rings. The van der Waals surface area contributed by atoms with Crippen molar-refractivity contribution >= 4 is 11.8 Å². The summed E-state index contributed by atoms with van der Waals surface area (Å²) in [7, 11) is 0. The first-order chi connectivity index (χ1) is 13.7. The lowest BCUT2D eigenvalue weighted by Gasteiger charge is -2.34. The molecule has 0 atom stereocenters. The number of carbonyl (C=O) groups is 2. The second kappa shape index (κ2) is 11.7. The number of hydrogen-bond donors (Lipinski definition) is 6. The number of hydrogen-bond acceptors (Lipinski definition) is 8. The molecule has 0 fully saturated rings. The van der Waals surface area contributed by atoms with Crippen molar-refractivity contribution < 1.29 is 30.0 Å². The molecule has 10 nitrogen and oxygen atoms in total. The third kappa shape index (κ3) is 9.03. The van der Waals surface area contributed by atoms with Gasteiger partial charge in [-0.2, -0.15) is 10.2 Å². The molecular weight excluding hydrogens is 392 g/mol. The quantitative estimate of drug-likeness (QED) is 0.216. The van der Waals surface area contributed by atoms with Crippen LogP contribution in [0.4, 0.5) is 0 Å². The van der Waals surface area contributed by atoms with Gasteiger partial charge in [0.1, 0.15) is 0 Å². The monoisotopic (exact) mass is 432 g/mol. The Balaban J connectivity index is 5.35. The molecule has 0 spiro atoms. The van der Waals surface area contributed by atoms with Crippen LogP contribution < -0.4 is 10.6 Å². The van der Waals surface area contributed by atoms with Crippen molar-refractivity contribution in [3.05, 3.63) is 0 Å². The van der Waals surface area contributed by atoms with E-state index in [0.29, 0.717) is 0 Å². The van der Waals surface area contributed by atoms with Gasteiger partial charge in [-0.25, -0.2) is 0 Å². The smallest absolute Gasteiger partial charge is 0.249 e. The molecule has 0 heterocycles. The Hall–Kier alpha value is -1.62. The number of carbonyl (C=O) groups excluding carboxylic acids is 2. The molecule has 0 aliphatic carbocycles. The molecular formula is C20H40N4O6. The Bertz CT molecular complexity index is 530. The van der Waals surface area contributed by atoms with E-state index in [2.05, 4.69) is 20.9 Å². The molecule has 0 unspecified atom stereocenters. The Labute approximate surface area is 179 Å². The molecule has 0 rings (SSSR count). The van der Waals surface area contributed by atoms with E-state index >= 15 is 0 Å². The van der Waals surface area contributed by atoms with E-state index in [9.17, 15) is 30.0 Å². The molecule has 10 heteroatoms. The lowest BCUT2D eigenvalue weighted by Crippen LogP contribution is -2.54. The summed E-state index contributed by atoms with van der Waals surface area (Å²) in [5.41, 5.74) is -4.17. The maximum absolute atomic E-state index is 12.7. The molecule has 0 aromatic heterocycles. The zero-order valence-electron chi connectivity index (χ0n) is 19.2. The third-order valence-electron chi connectivity index (χ3n) is 5.15. The summed E-state index contributed by atoms with van der Waals surface area (Å²) in [6.07, 6.45) is 1.09. The molecule has 0 aliphatic heterocycles. The topological polar surface area (TPSA) is 164 Å². The highest BCUT2D eigenvalue weighted by molar-refractivity contribution is 5.87. The molecule has 176 valence electrons. The maximum Gasteiger partial charge on any atom is 0.249 e. The van der Waals surface area contributed by atoms with Crippen molar-refractivity contribution in [1.29, 1.82) is 0 Å². The summed E-state index contributed by atoms with van der Waals surface area (Å²) >= 11 is 0. The fraction of sp³-hybridized carbons (Fsp3) is 0.900. The van der Waals surface area contributed by atoms with Crippen LogP contribution in [-0.4, -0.2) is 80.8 Å². The molecule has 0 aromatic carbocycles. The van der Waals surface area contributed by atoms with Crippen molar-refractivity contribution in [3.8, 4) is 0 Å². The van der Waals surface area contributed by atoms with Crippen LogP contribution in [0.25, 0.3) is 0 Å². The van der Waals surface area contributed by atoms with Gasteiger partial charge in [-0.15, -0.1) is 0 Å². The van der Waals surface area contributed by atoms with Crippen molar-refractivity contribution in [2.45, 2.75) is 89.4 Å². The van der Waals surface area contributed by atoms with Crippen LogP contribution in [0.3, 0.4) is 0 Å². The number of nitrogens with one attached hydrogen (secondary N) is 2. The zero-order chi connectivity index (χ0) is 23.6. The largest absolute Gasteiger partial charge is 0.396 e. The van der Waals surface area contributed by atoms with Gasteiger partial charge in [0.15, 0.2) is 11.1 Å². The molecule has 0 bridgehead atoms. The first-order valence-electron chi connectivity index (χ1n) is 10.2. The first kappa shape index (κ1) is 28.4. The van der Waals surface area contributed by atoms with E-state index < -0.39 is 34.0 Å².